The van der Waals surface area contributed by atoms with Crippen molar-refractivity contribution in [2.75, 3.05) is 25.6 Å². The van der Waals surface area contributed by atoms with E-state index in [4.69, 9.17) is 4.74 Å². The fraction of sp³-hybridized carbons (Fsp3) is 0.318. The number of carbonyl (C=O) groups is 3. The lowest BCUT2D eigenvalue weighted by molar-refractivity contribution is -0.136. The summed E-state index contributed by atoms with van der Waals surface area (Å²) in [6, 6.07) is 13.6. The van der Waals surface area contributed by atoms with E-state index in [1.165, 1.54) is 9.80 Å². The fourth-order valence-electron chi connectivity index (χ4n) is 3.34. The minimum atomic E-state index is -0.655. The van der Waals surface area contributed by atoms with Gasteiger partial charge in [0.2, 0.25) is 5.91 Å². The molecule has 4 amide bonds. The second-order valence-electron chi connectivity index (χ2n) is 7.15. The average molecular weight is 395 g/mol. The Morgan fingerprint density at radius 1 is 1.10 bits per heavy atom. The van der Waals surface area contributed by atoms with Gasteiger partial charge in [-0.25, -0.2) is 4.79 Å². The number of anilines is 1. The zero-order valence-corrected chi connectivity index (χ0v) is 17.1. The molecule has 7 nitrogen and oxygen atoms in total. The van der Waals surface area contributed by atoms with Gasteiger partial charge in [0.25, 0.3) is 5.91 Å². The number of hydrogen-bond donors (Lipinski definition) is 0. The van der Waals surface area contributed by atoms with Gasteiger partial charge in [-0.3, -0.25) is 19.4 Å². The lowest BCUT2D eigenvalue weighted by atomic mass is 10.2. The molecule has 2 aromatic rings. The number of methoxy groups -OCH3 is 1. The second-order valence-corrected chi connectivity index (χ2v) is 7.15. The number of carbonyl (C=O) groups excluding carboxylic acids is 3. The molecule has 2 aromatic carbocycles. The van der Waals surface area contributed by atoms with E-state index in [-0.39, 0.29) is 18.4 Å². The molecule has 0 aliphatic carbocycles. The maximum Gasteiger partial charge on any atom is 0.332 e. The highest BCUT2D eigenvalue weighted by Gasteiger charge is 2.44. The topological polar surface area (TPSA) is 70.2 Å². The van der Waals surface area contributed by atoms with Crippen LogP contribution in [0.5, 0.6) is 5.75 Å². The van der Waals surface area contributed by atoms with Crippen molar-refractivity contribution in [3.63, 3.8) is 0 Å². The van der Waals surface area contributed by atoms with Crippen molar-refractivity contribution in [1.82, 2.24) is 9.80 Å². The van der Waals surface area contributed by atoms with E-state index in [1.807, 2.05) is 43.3 Å². The number of aryl methyl sites for hydroxylation is 1. The highest BCUT2D eigenvalue weighted by Crippen LogP contribution is 2.26. The van der Waals surface area contributed by atoms with Crippen LogP contribution in [0.25, 0.3) is 0 Å². The van der Waals surface area contributed by atoms with Crippen molar-refractivity contribution in [3.8, 4) is 5.75 Å². The molecular weight excluding hydrogens is 370 g/mol. The molecule has 1 fully saturated rings. The smallest absolute Gasteiger partial charge is 0.332 e. The van der Waals surface area contributed by atoms with Crippen LogP contribution in [0, 0.1) is 6.92 Å². The number of para-hydroxylation sites is 1. The molecule has 29 heavy (non-hydrogen) atoms. The van der Waals surface area contributed by atoms with Gasteiger partial charge in [-0.2, -0.15) is 0 Å². The first kappa shape index (κ1) is 20.4. The molecule has 0 unspecified atom stereocenters. The van der Waals surface area contributed by atoms with E-state index < -0.39 is 12.1 Å². The quantitative estimate of drug-likeness (QED) is 0.706. The van der Waals surface area contributed by atoms with Crippen LogP contribution >= 0.6 is 0 Å². The van der Waals surface area contributed by atoms with E-state index in [2.05, 4.69) is 0 Å². The molecule has 1 heterocycles. The van der Waals surface area contributed by atoms with Gasteiger partial charge in [0.05, 0.1) is 7.11 Å². The summed E-state index contributed by atoms with van der Waals surface area (Å²) in [4.78, 5) is 42.2. The summed E-state index contributed by atoms with van der Waals surface area (Å²) in [6.45, 7) is 3.64. The zero-order chi connectivity index (χ0) is 21.1. The normalized spacial score (nSPS) is 16.3. The standard InChI is InChI=1S/C22H25N3O4/c1-15-9-11-18(12-10-15)25-16(2)21(27)24(22(25)28)14-20(26)23(3)13-17-7-5-6-8-19(17)29-4/h5-12,16H,13-14H2,1-4H3/t16-/m1/s1. The van der Waals surface area contributed by atoms with Gasteiger partial charge in [-0.15, -0.1) is 0 Å². The minimum absolute atomic E-state index is 0.296. The van der Waals surface area contributed by atoms with Crippen LogP contribution in [-0.2, 0) is 16.1 Å². The molecule has 1 aliphatic heterocycles. The third kappa shape index (κ3) is 4.08. The Morgan fingerprint density at radius 3 is 2.41 bits per heavy atom. The van der Waals surface area contributed by atoms with Gasteiger partial charge in [0.15, 0.2) is 0 Å². The minimum Gasteiger partial charge on any atom is -0.496 e. The number of urea groups is 1. The molecule has 0 spiro atoms. The zero-order valence-electron chi connectivity index (χ0n) is 17.1. The number of benzene rings is 2. The van der Waals surface area contributed by atoms with E-state index >= 15 is 0 Å². The molecule has 1 atom stereocenters. The Balaban J connectivity index is 1.71. The van der Waals surface area contributed by atoms with Gasteiger partial charge in [-0.05, 0) is 32.0 Å². The molecule has 1 saturated heterocycles. The number of hydrogen-bond acceptors (Lipinski definition) is 4. The van der Waals surface area contributed by atoms with Crippen LogP contribution < -0.4 is 9.64 Å². The maximum atomic E-state index is 12.9. The molecular formula is C22H25N3O4. The lowest BCUT2D eigenvalue weighted by Crippen LogP contribution is -2.42. The van der Waals surface area contributed by atoms with Crippen LogP contribution in [-0.4, -0.2) is 54.4 Å². The summed E-state index contributed by atoms with van der Waals surface area (Å²) in [5, 5.41) is 0. The third-order valence-electron chi connectivity index (χ3n) is 5.08. The number of rotatable bonds is 6. The summed E-state index contributed by atoms with van der Waals surface area (Å²) in [5.41, 5.74) is 2.54. The molecule has 7 heteroatoms. The van der Waals surface area contributed by atoms with Crippen molar-refractivity contribution >= 4 is 23.5 Å². The van der Waals surface area contributed by atoms with Crippen LogP contribution in [0.3, 0.4) is 0 Å². The van der Waals surface area contributed by atoms with E-state index in [9.17, 15) is 14.4 Å². The molecule has 0 bridgehead atoms. The van der Waals surface area contributed by atoms with Crippen molar-refractivity contribution < 1.29 is 19.1 Å². The highest BCUT2D eigenvalue weighted by atomic mass is 16.5. The van der Waals surface area contributed by atoms with Crippen molar-refractivity contribution in [1.29, 1.82) is 0 Å². The van der Waals surface area contributed by atoms with Crippen LogP contribution in [0.2, 0.25) is 0 Å². The second kappa shape index (κ2) is 8.34. The Hall–Kier alpha value is -3.35. The van der Waals surface area contributed by atoms with Crippen LogP contribution in [0.15, 0.2) is 48.5 Å². The SMILES string of the molecule is COc1ccccc1CN(C)C(=O)CN1C(=O)[C@@H](C)N(c2ccc(C)cc2)C1=O. The van der Waals surface area contributed by atoms with Gasteiger partial charge >= 0.3 is 6.03 Å². The average Bonchev–Trinajstić information content (AvgIpc) is 2.92. The number of amides is 4. The molecule has 0 saturated carbocycles. The monoisotopic (exact) mass is 395 g/mol. The molecule has 3 rings (SSSR count). The van der Waals surface area contributed by atoms with Gasteiger partial charge in [-0.1, -0.05) is 35.9 Å². The predicted octanol–water partition coefficient (Wildman–Crippen LogP) is 2.82. The number of ether oxygens (including phenoxy) is 1. The lowest BCUT2D eigenvalue weighted by Gasteiger charge is -2.22. The first-order valence-corrected chi connectivity index (χ1v) is 9.40. The molecule has 0 aromatic heterocycles. The van der Waals surface area contributed by atoms with Gasteiger partial charge < -0.3 is 9.64 Å². The fourth-order valence-corrected chi connectivity index (χ4v) is 3.34. The molecule has 1 aliphatic rings. The Bertz CT molecular complexity index is 926. The van der Waals surface area contributed by atoms with Crippen molar-refractivity contribution in [2.24, 2.45) is 0 Å². The summed E-state index contributed by atoms with van der Waals surface area (Å²) in [6.07, 6.45) is 0. The van der Waals surface area contributed by atoms with E-state index in [0.717, 1.165) is 16.0 Å². The van der Waals surface area contributed by atoms with Crippen LogP contribution in [0.4, 0.5) is 10.5 Å². The van der Waals surface area contributed by atoms with Crippen LogP contribution in [0.1, 0.15) is 18.1 Å². The summed E-state index contributed by atoms with van der Waals surface area (Å²) >= 11 is 0. The number of likely N-dealkylation sites (N-methyl/N-ethyl adjacent to an activating group) is 1. The summed E-state index contributed by atoms with van der Waals surface area (Å²) < 4.78 is 5.32. The predicted molar refractivity (Wildman–Crippen MR) is 110 cm³/mol. The largest absolute Gasteiger partial charge is 0.496 e. The Morgan fingerprint density at radius 2 is 1.76 bits per heavy atom. The van der Waals surface area contributed by atoms with E-state index in [0.29, 0.717) is 18.0 Å². The highest BCUT2D eigenvalue weighted by molar-refractivity contribution is 6.15. The molecule has 0 N–H and O–H groups in total. The molecule has 152 valence electrons. The number of nitrogens with zero attached hydrogens (tertiary/aromatic N) is 3. The summed E-state index contributed by atoms with van der Waals surface area (Å²) in [5.74, 6) is -0.0233. The Labute approximate surface area is 170 Å². The first-order valence-electron chi connectivity index (χ1n) is 9.40. The third-order valence-corrected chi connectivity index (χ3v) is 5.08. The first-order chi connectivity index (χ1) is 13.8. The van der Waals surface area contributed by atoms with Gasteiger partial charge in [0, 0.05) is 24.8 Å². The number of imide groups is 1. The van der Waals surface area contributed by atoms with Gasteiger partial charge in [0.1, 0.15) is 18.3 Å². The molecule has 0 radical (unpaired) electrons. The van der Waals surface area contributed by atoms with Crippen molar-refractivity contribution in [3.05, 3.63) is 59.7 Å². The van der Waals surface area contributed by atoms with Crippen molar-refractivity contribution in [2.45, 2.75) is 26.4 Å². The maximum absolute atomic E-state index is 12.9. The van der Waals surface area contributed by atoms with E-state index in [1.54, 1.807) is 33.2 Å². The summed E-state index contributed by atoms with van der Waals surface area (Å²) in [7, 11) is 3.21. The Kier molecular flexibility index (Phi) is 5.87.